The van der Waals surface area contributed by atoms with Gasteiger partial charge in [-0.2, -0.15) is 18.2 Å². The summed E-state index contributed by atoms with van der Waals surface area (Å²) in [5, 5.41) is 0. The summed E-state index contributed by atoms with van der Waals surface area (Å²) in [4.78, 5) is 0. The number of methoxy groups -OCH3 is 2. The van der Waals surface area contributed by atoms with Crippen LogP contribution in [0.1, 0.15) is 0 Å². The van der Waals surface area contributed by atoms with Crippen molar-refractivity contribution < 1.29 is 39.0 Å². The first-order valence-corrected chi connectivity index (χ1v) is 3.56. The van der Waals surface area contributed by atoms with Gasteiger partial charge >= 0.3 is 29.6 Å². The van der Waals surface area contributed by atoms with Crippen molar-refractivity contribution in [2.75, 3.05) is 27.4 Å². The predicted octanol–water partition coefficient (Wildman–Crippen LogP) is -1.31. The second-order valence-corrected chi connectivity index (χ2v) is 1.95. The first kappa shape index (κ1) is 14.8. The molecule has 1 rings (SSSR count). The minimum absolute atomic E-state index is 0. The number of hydrogen-bond donors (Lipinski definition) is 0. The van der Waals surface area contributed by atoms with Crippen molar-refractivity contribution in [3.05, 3.63) is 30.3 Å². The second kappa shape index (κ2) is 13.8. The molecule has 0 saturated heterocycles. The van der Waals surface area contributed by atoms with Gasteiger partial charge in [-0.25, -0.2) is 12.1 Å². The van der Waals surface area contributed by atoms with Gasteiger partial charge in [0.2, 0.25) is 0 Å². The molecule has 0 fully saturated rings. The van der Waals surface area contributed by atoms with Gasteiger partial charge in [0.05, 0.1) is 13.2 Å². The van der Waals surface area contributed by atoms with E-state index in [0.29, 0.717) is 13.2 Å². The Hall–Kier alpha value is 0.270. The summed E-state index contributed by atoms with van der Waals surface area (Å²) in [5.74, 6) is 0. The molecule has 0 amide bonds. The maximum absolute atomic E-state index is 4.66. The largest absolute Gasteiger partial charge is 1.00 e. The number of ether oxygens (including phenoxy) is 2. The van der Waals surface area contributed by atoms with Gasteiger partial charge in [0.15, 0.2) is 0 Å². The summed E-state index contributed by atoms with van der Waals surface area (Å²) >= 11 is 0. The molecule has 0 bridgehead atoms. The molecule has 0 unspecified atom stereocenters. The summed E-state index contributed by atoms with van der Waals surface area (Å²) in [7, 11) is 3.30. The maximum Gasteiger partial charge on any atom is 1.00 e. The Morgan fingerprint density at radius 2 is 1.42 bits per heavy atom. The molecular weight excluding hydrogens is 163 g/mol. The van der Waals surface area contributed by atoms with E-state index in [2.05, 4.69) is 9.47 Å². The van der Waals surface area contributed by atoms with E-state index in [1.807, 2.05) is 30.3 Å². The van der Waals surface area contributed by atoms with E-state index in [0.717, 1.165) is 0 Å². The Balaban J connectivity index is 0. The topological polar surface area (TPSA) is 18.5 Å². The van der Waals surface area contributed by atoms with E-state index in [1.165, 1.54) is 0 Å². The molecule has 0 atom stereocenters. The van der Waals surface area contributed by atoms with Crippen LogP contribution in [0.5, 0.6) is 0 Å². The van der Waals surface area contributed by atoms with Crippen molar-refractivity contribution in [3.8, 4) is 0 Å². The number of rotatable bonds is 3. The zero-order chi connectivity index (χ0) is 8.36. The summed E-state index contributed by atoms with van der Waals surface area (Å²) in [6.07, 6.45) is 0. The molecule has 0 aliphatic heterocycles. The molecular formula is C9H15NaO2. The normalized spacial score (nSPS) is 7.83. The molecule has 0 aliphatic rings. The quantitative estimate of drug-likeness (QED) is 0.325. The summed E-state index contributed by atoms with van der Waals surface area (Å²) in [6, 6.07) is 10.0. The fourth-order valence-corrected chi connectivity index (χ4v) is 0.487. The van der Waals surface area contributed by atoms with Crippen LogP contribution in [0.25, 0.3) is 0 Å². The van der Waals surface area contributed by atoms with Crippen LogP contribution in [-0.4, -0.2) is 27.4 Å². The van der Waals surface area contributed by atoms with Crippen LogP contribution >= 0.6 is 0 Å². The zero-order valence-corrected chi connectivity index (χ0v) is 10.1. The smallest absolute Gasteiger partial charge is 0.382 e. The van der Waals surface area contributed by atoms with Crippen LogP contribution in [0, 0.1) is 0 Å². The van der Waals surface area contributed by atoms with Gasteiger partial charge in [0, 0.05) is 14.2 Å². The standard InChI is InChI=1S/C5H5.C4H10O2.Na/c1-2-4-5-3-1;1-5-3-4-6-2;/h1-5H;3-4H2,1-2H3;/q-1;;+1. The summed E-state index contributed by atoms with van der Waals surface area (Å²) in [6.45, 7) is 1.38. The molecule has 0 aromatic heterocycles. The van der Waals surface area contributed by atoms with Crippen LogP contribution in [-0.2, 0) is 9.47 Å². The van der Waals surface area contributed by atoms with E-state index < -0.39 is 0 Å². The van der Waals surface area contributed by atoms with Gasteiger partial charge in [-0.05, 0) is 0 Å². The van der Waals surface area contributed by atoms with Gasteiger partial charge in [-0.3, -0.25) is 0 Å². The van der Waals surface area contributed by atoms with E-state index in [4.69, 9.17) is 0 Å². The molecule has 1 aromatic rings. The molecule has 0 saturated carbocycles. The van der Waals surface area contributed by atoms with Crippen molar-refractivity contribution in [2.24, 2.45) is 0 Å². The van der Waals surface area contributed by atoms with E-state index in [-0.39, 0.29) is 29.6 Å². The third-order valence-corrected chi connectivity index (χ3v) is 1.05. The fourth-order valence-electron chi connectivity index (χ4n) is 0.487. The van der Waals surface area contributed by atoms with Gasteiger partial charge in [-0.15, -0.1) is 0 Å². The zero-order valence-electron chi connectivity index (χ0n) is 8.12. The van der Waals surface area contributed by atoms with E-state index in [9.17, 15) is 0 Å². The van der Waals surface area contributed by atoms with Gasteiger partial charge in [-0.1, -0.05) is 0 Å². The molecule has 64 valence electrons. The summed E-state index contributed by atoms with van der Waals surface area (Å²) < 4.78 is 9.31. The Morgan fingerprint density at radius 1 is 1.00 bits per heavy atom. The third kappa shape index (κ3) is 12.9. The first-order chi connectivity index (χ1) is 5.41. The first-order valence-electron chi connectivity index (χ1n) is 3.56. The van der Waals surface area contributed by atoms with Crippen LogP contribution in [0.2, 0.25) is 0 Å². The molecule has 0 spiro atoms. The minimum atomic E-state index is 0. The van der Waals surface area contributed by atoms with Crippen LogP contribution in [0.3, 0.4) is 0 Å². The maximum atomic E-state index is 4.66. The van der Waals surface area contributed by atoms with Crippen molar-refractivity contribution in [1.82, 2.24) is 0 Å². The van der Waals surface area contributed by atoms with Crippen molar-refractivity contribution >= 4 is 0 Å². The Kier molecular flexibility index (Phi) is 17.0. The Labute approximate surface area is 96.5 Å². The Morgan fingerprint density at radius 3 is 1.58 bits per heavy atom. The van der Waals surface area contributed by atoms with Crippen LogP contribution in [0.15, 0.2) is 30.3 Å². The average molecular weight is 178 g/mol. The molecule has 0 heterocycles. The molecule has 1 aromatic carbocycles. The molecule has 12 heavy (non-hydrogen) atoms. The SMILES string of the molecule is COCCOC.[Na+].c1cc[cH-]c1. The molecule has 0 N–H and O–H groups in total. The van der Waals surface area contributed by atoms with Crippen LogP contribution < -0.4 is 29.6 Å². The minimum Gasteiger partial charge on any atom is -0.382 e. The third-order valence-electron chi connectivity index (χ3n) is 1.05. The van der Waals surface area contributed by atoms with Gasteiger partial charge < -0.3 is 9.47 Å². The fraction of sp³-hybridized carbons (Fsp3) is 0.444. The van der Waals surface area contributed by atoms with Crippen molar-refractivity contribution in [3.63, 3.8) is 0 Å². The van der Waals surface area contributed by atoms with Crippen LogP contribution in [0.4, 0.5) is 0 Å². The molecule has 2 nitrogen and oxygen atoms in total. The van der Waals surface area contributed by atoms with Crippen molar-refractivity contribution in [2.45, 2.75) is 0 Å². The monoisotopic (exact) mass is 178 g/mol. The molecule has 0 radical (unpaired) electrons. The second-order valence-electron chi connectivity index (χ2n) is 1.95. The Bertz CT molecular complexity index is 108. The summed E-state index contributed by atoms with van der Waals surface area (Å²) in [5.41, 5.74) is 0. The number of hydrogen-bond acceptors (Lipinski definition) is 2. The average Bonchev–Trinajstić information content (AvgIpc) is 2.57. The van der Waals surface area contributed by atoms with Crippen molar-refractivity contribution in [1.29, 1.82) is 0 Å². The van der Waals surface area contributed by atoms with E-state index in [1.54, 1.807) is 14.2 Å². The van der Waals surface area contributed by atoms with Gasteiger partial charge in [0.1, 0.15) is 0 Å². The molecule has 3 heteroatoms. The van der Waals surface area contributed by atoms with E-state index >= 15 is 0 Å². The predicted molar refractivity (Wildman–Crippen MR) is 45.8 cm³/mol. The van der Waals surface area contributed by atoms with Gasteiger partial charge in [0.25, 0.3) is 0 Å². The molecule has 0 aliphatic carbocycles.